The first-order valence-corrected chi connectivity index (χ1v) is 7.73. The summed E-state index contributed by atoms with van der Waals surface area (Å²) in [5.41, 5.74) is -0.737. The van der Waals surface area contributed by atoms with Gasteiger partial charge in [-0.3, -0.25) is 9.59 Å². The molecule has 1 unspecified atom stereocenters. The first-order chi connectivity index (χ1) is 10.1. The Balaban J connectivity index is 2.24. The number of rotatable bonds is 3. The summed E-state index contributed by atoms with van der Waals surface area (Å²) < 4.78 is 1.41. The molecule has 1 aliphatic heterocycles. The topological polar surface area (TPSA) is 92.2 Å². The van der Waals surface area contributed by atoms with Gasteiger partial charge < -0.3 is 14.7 Å². The Hall–Kier alpha value is -2.02. The molecule has 0 spiro atoms. The summed E-state index contributed by atoms with van der Waals surface area (Å²) in [5.74, 6) is -0.0716. The number of H-pyrrole nitrogens is 1. The van der Waals surface area contributed by atoms with Crippen LogP contribution >= 0.6 is 11.8 Å². The third-order valence-corrected chi connectivity index (χ3v) is 5.03. The van der Waals surface area contributed by atoms with E-state index in [0.717, 1.165) is 18.6 Å². The molecule has 2 aromatic rings. The third kappa shape index (κ3) is 2.49. The van der Waals surface area contributed by atoms with E-state index in [9.17, 15) is 19.5 Å². The molecule has 0 aliphatic carbocycles. The van der Waals surface area contributed by atoms with Gasteiger partial charge in [-0.25, -0.2) is 4.79 Å². The molecular weight excluding hydrogens is 292 g/mol. The number of aromatic amines is 1. The number of hydrogen-bond acceptors (Lipinski definition) is 4. The molecule has 1 aliphatic rings. The summed E-state index contributed by atoms with van der Waals surface area (Å²) >= 11 is 1.78. The normalized spacial score (nSPS) is 18.2. The van der Waals surface area contributed by atoms with E-state index in [2.05, 4.69) is 4.98 Å². The van der Waals surface area contributed by atoms with Gasteiger partial charge in [-0.1, -0.05) is 6.07 Å². The van der Waals surface area contributed by atoms with Gasteiger partial charge in [-0.2, -0.15) is 11.8 Å². The molecule has 0 radical (unpaired) electrons. The fraction of sp³-hybridized carbons (Fsp3) is 0.357. The van der Waals surface area contributed by atoms with Gasteiger partial charge in [0.2, 0.25) is 0 Å². The molecule has 2 N–H and O–H groups in total. The van der Waals surface area contributed by atoms with Crippen molar-refractivity contribution in [3.8, 4) is 0 Å². The first kappa shape index (κ1) is 13.9. The highest BCUT2D eigenvalue weighted by atomic mass is 32.2. The Morgan fingerprint density at radius 3 is 2.90 bits per heavy atom. The lowest BCUT2D eigenvalue weighted by Crippen LogP contribution is -2.38. The predicted octanol–water partition coefficient (Wildman–Crippen LogP) is 1.28. The van der Waals surface area contributed by atoms with Gasteiger partial charge in [0, 0.05) is 11.8 Å². The zero-order valence-corrected chi connectivity index (χ0v) is 12.0. The molecule has 1 fully saturated rings. The Labute approximate surface area is 123 Å². The lowest BCUT2D eigenvalue weighted by molar-refractivity contribution is 0.0699. The molecule has 1 aromatic carbocycles. The smallest absolute Gasteiger partial charge is 0.337 e. The predicted molar refractivity (Wildman–Crippen MR) is 81.3 cm³/mol. The van der Waals surface area contributed by atoms with E-state index in [1.807, 2.05) is 0 Å². The van der Waals surface area contributed by atoms with E-state index in [0.29, 0.717) is 17.3 Å². The van der Waals surface area contributed by atoms with Crippen molar-refractivity contribution in [3.63, 3.8) is 0 Å². The molecule has 1 aromatic heterocycles. The number of carboxylic acid groups (broad SMARTS) is 1. The first-order valence-electron chi connectivity index (χ1n) is 6.68. The average Bonchev–Trinajstić information content (AvgIpc) is 2.96. The maximum absolute atomic E-state index is 12.1. The van der Waals surface area contributed by atoms with Crippen molar-refractivity contribution >= 4 is 28.8 Å². The van der Waals surface area contributed by atoms with Crippen LogP contribution in [0.4, 0.5) is 0 Å². The van der Waals surface area contributed by atoms with Crippen LogP contribution in [0.25, 0.3) is 11.0 Å². The number of carbonyl (C=O) groups is 1. The molecule has 3 rings (SSSR count). The van der Waals surface area contributed by atoms with Crippen LogP contribution in [-0.2, 0) is 6.54 Å². The molecule has 0 bridgehead atoms. The van der Waals surface area contributed by atoms with Crippen LogP contribution in [0.15, 0.2) is 27.8 Å². The fourth-order valence-corrected chi connectivity index (χ4v) is 3.90. The number of benzene rings is 1. The van der Waals surface area contributed by atoms with E-state index >= 15 is 0 Å². The van der Waals surface area contributed by atoms with Gasteiger partial charge in [0.25, 0.3) is 0 Å². The summed E-state index contributed by atoms with van der Waals surface area (Å²) in [4.78, 5) is 37.6. The molecule has 7 heteroatoms. The summed E-state index contributed by atoms with van der Waals surface area (Å²) in [6.45, 7) is 0.437. The lowest BCUT2D eigenvalue weighted by atomic mass is 10.1. The van der Waals surface area contributed by atoms with Crippen LogP contribution in [0, 0.1) is 0 Å². The molecule has 110 valence electrons. The maximum atomic E-state index is 12.1. The van der Waals surface area contributed by atoms with Crippen LogP contribution in [0.2, 0.25) is 0 Å². The molecular formula is C14H14N2O4S. The van der Waals surface area contributed by atoms with Crippen molar-refractivity contribution in [1.82, 2.24) is 9.55 Å². The van der Waals surface area contributed by atoms with Crippen molar-refractivity contribution in [2.45, 2.75) is 24.6 Å². The highest BCUT2D eigenvalue weighted by molar-refractivity contribution is 8.00. The Bertz CT molecular complexity index is 818. The van der Waals surface area contributed by atoms with Gasteiger partial charge in [0.15, 0.2) is 0 Å². The maximum Gasteiger partial charge on any atom is 0.337 e. The van der Waals surface area contributed by atoms with Crippen molar-refractivity contribution in [1.29, 1.82) is 0 Å². The van der Waals surface area contributed by atoms with Crippen LogP contribution in [0.5, 0.6) is 0 Å². The number of fused-ring (bicyclic) bond motifs is 1. The lowest BCUT2D eigenvalue weighted by Gasteiger charge is -2.14. The number of carboxylic acids is 1. The van der Waals surface area contributed by atoms with Crippen LogP contribution < -0.4 is 11.1 Å². The van der Waals surface area contributed by atoms with E-state index < -0.39 is 17.1 Å². The van der Waals surface area contributed by atoms with Crippen LogP contribution in [0.1, 0.15) is 23.2 Å². The molecule has 0 amide bonds. The van der Waals surface area contributed by atoms with Gasteiger partial charge in [0.1, 0.15) is 0 Å². The number of nitrogens with zero attached hydrogens (tertiary/aromatic N) is 1. The SMILES string of the molecule is O=C(O)c1cccc2c1[nH]c(=O)c(=O)n2CC1CCCS1. The molecule has 0 saturated carbocycles. The van der Waals surface area contributed by atoms with Gasteiger partial charge in [-0.05, 0) is 30.7 Å². The van der Waals surface area contributed by atoms with E-state index in [1.54, 1.807) is 23.9 Å². The number of para-hydroxylation sites is 1. The highest BCUT2D eigenvalue weighted by Crippen LogP contribution is 2.27. The van der Waals surface area contributed by atoms with Gasteiger partial charge in [-0.15, -0.1) is 0 Å². The molecule has 6 nitrogen and oxygen atoms in total. The fourth-order valence-electron chi connectivity index (χ4n) is 2.65. The zero-order chi connectivity index (χ0) is 15.0. The monoisotopic (exact) mass is 306 g/mol. The third-order valence-electron chi connectivity index (χ3n) is 3.65. The summed E-state index contributed by atoms with van der Waals surface area (Å²) in [6.07, 6.45) is 2.11. The highest BCUT2D eigenvalue weighted by Gasteiger charge is 2.20. The molecule has 21 heavy (non-hydrogen) atoms. The van der Waals surface area contributed by atoms with E-state index in [4.69, 9.17) is 0 Å². The second-order valence-corrected chi connectivity index (χ2v) is 6.42. The number of thioether (sulfide) groups is 1. The number of aromatic nitrogens is 2. The average molecular weight is 306 g/mol. The van der Waals surface area contributed by atoms with Crippen LogP contribution in [-0.4, -0.2) is 31.6 Å². The summed E-state index contributed by atoms with van der Waals surface area (Å²) in [7, 11) is 0. The van der Waals surface area contributed by atoms with Crippen molar-refractivity contribution < 1.29 is 9.90 Å². The summed E-state index contributed by atoms with van der Waals surface area (Å²) in [6, 6.07) is 4.67. The van der Waals surface area contributed by atoms with Crippen LogP contribution in [0.3, 0.4) is 0 Å². The largest absolute Gasteiger partial charge is 0.478 e. The minimum atomic E-state index is -1.13. The van der Waals surface area contributed by atoms with Gasteiger partial charge >= 0.3 is 17.1 Å². The van der Waals surface area contributed by atoms with Crippen molar-refractivity contribution in [2.24, 2.45) is 0 Å². The Kier molecular flexibility index (Phi) is 3.59. The quantitative estimate of drug-likeness (QED) is 0.834. The molecule has 2 heterocycles. The minimum Gasteiger partial charge on any atom is -0.478 e. The standard InChI is InChI=1S/C14H14N2O4S/c17-12-13(18)16(7-8-3-2-6-21-8)10-5-1-4-9(14(19)20)11(10)15-12/h1,4-5,8H,2-3,6-7H2,(H,15,17)(H,19,20). The minimum absolute atomic E-state index is 0.00238. The van der Waals surface area contributed by atoms with E-state index in [1.165, 1.54) is 10.6 Å². The van der Waals surface area contributed by atoms with Gasteiger partial charge in [0.05, 0.1) is 16.6 Å². The van der Waals surface area contributed by atoms with Crippen molar-refractivity contribution in [2.75, 3.05) is 5.75 Å². The second kappa shape index (κ2) is 5.40. The Morgan fingerprint density at radius 2 is 2.24 bits per heavy atom. The number of hydrogen-bond donors (Lipinski definition) is 2. The van der Waals surface area contributed by atoms with E-state index in [-0.39, 0.29) is 11.1 Å². The number of nitrogens with one attached hydrogen (secondary N) is 1. The Morgan fingerprint density at radius 1 is 1.43 bits per heavy atom. The summed E-state index contributed by atoms with van der Waals surface area (Å²) in [5, 5.41) is 9.50. The molecule has 1 saturated heterocycles. The van der Waals surface area contributed by atoms with Crippen molar-refractivity contribution in [3.05, 3.63) is 44.5 Å². The second-order valence-electron chi connectivity index (χ2n) is 5.01. The zero-order valence-electron chi connectivity index (χ0n) is 11.2. The number of aromatic carboxylic acids is 1. The molecule has 1 atom stereocenters.